The summed E-state index contributed by atoms with van der Waals surface area (Å²) in [5, 5.41) is 8.01. The second-order valence-corrected chi connectivity index (χ2v) is 6.86. The molecule has 0 bridgehead atoms. The van der Waals surface area contributed by atoms with Crippen molar-refractivity contribution in [2.24, 2.45) is 0 Å². The third kappa shape index (κ3) is 4.20. The fourth-order valence-electron chi connectivity index (χ4n) is 2.99. The Morgan fingerprint density at radius 2 is 1.66 bits per heavy atom. The van der Waals surface area contributed by atoms with Gasteiger partial charge in [0.25, 0.3) is 5.91 Å². The van der Waals surface area contributed by atoms with E-state index in [0.29, 0.717) is 34.2 Å². The van der Waals surface area contributed by atoms with Crippen LogP contribution in [0.2, 0.25) is 5.02 Å². The number of benzene rings is 3. The molecule has 1 N–H and O–H groups in total. The van der Waals surface area contributed by atoms with Crippen LogP contribution in [0.1, 0.15) is 16.1 Å². The van der Waals surface area contributed by atoms with Crippen LogP contribution in [0.5, 0.6) is 0 Å². The number of aromatic nitrogens is 2. The van der Waals surface area contributed by atoms with Gasteiger partial charge in [-0.1, -0.05) is 60.1 Å². The zero-order chi connectivity index (χ0) is 20.2. The molecule has 1 amide bonds. The molecule has 0 saturated heterocycles. The highest BCUT2D eigenvalue weighted by molar-refractivity contribution is 6.33. The fraction of sp³-hybridized carbons (Fsp3) is 0.0435. The van der Waals surface area contributed by atoms with E-state index in [1.165, 1.54) is 16.8 Å². The summed E-state index contributed by atoms with van der Waals surface area (Å²) >= 11 is 6.31. The van der Waals surface area contributed by atoms with Crippen molar-refractivity contribution in [2.45, 2.75) is 6.54 Å². The highest BCUT2D eigenvalue weighted by Crippen LogP contribution is 2.28. The minimum Gasteiger partial charge on any atom is -0.347 e. The van der Waals surface area contributed by atoms with Gasteiger partial charge in [-0.2, -0.15) is 5.10 Å². The number of halogens is 2. The van der Waals surface area contributed by atoms with Gasteiger partial charge in [0.2, 0.25) is 0 Å². The van der Waals surface area contributed by atoms with Crippen molar-refractivity contribution in [3.05, 3.63) is 107 Å². The fourth-order valence-corrected chi connectivity index (χ4v) is 3.22. The molecule has 0 fully saturated rings. The lowest BCUT2D eigenvalue weighted by Gasteiger charge is -2.08. The summed E-state index contributed by atoms with van der Waals surface area (Å²) < 4.78 is 14.9. The first-order valence-electron chi connectivity index (χ1n) is 9.05. The predicted molar refractivity (Wildman–Crippen MR) is 112 cm³/mol. The van der Waals surface area contributed by atoms with Crippen molar-refractivity contribution in [2.75, 3.05) is 0 Å². The average molecular weight is 406 g/mol. The summed E-state index contributed by atoms with van der Waals surface area (Å²) in [6.07, 6.45) is 0. The van der Waals surface area contributed by atoms with Crippen molar-refractivity contribution in [1.82, 2.24) is 15.1 Å². The Morgan fingerprint density at radius 1 is 0.966 bits per heavy atom. The molecular formula is C23H17ClFN3O. The van der Waals surface area contributed by atoms with Crippen molar-refractivity contribution in [3.63, 3.8) is 0 Å². The van der Waals surface area contributed by atoms with E-state index >= 15 is 0 Å². The summed E-state index contributed by atoms with van der Waals surface area (Å²) in [4.78, 5) is 12.9. The molecule has 0 aliphatic carbocycles. The Morgan fingerprint density at radius 3 is 2.38 bits per heavy atom. The third-order valence-electron chi connectivity index (χ3n) is 4.46. The van der Waals surface area contributed by atoms with Gasteiger partial charge in [-0.25, -0.2) is 9.07 Å². The van der Waals surface area contributed by atoms with Crippen LogP contribution in [0.15, 0.2) is 84.9 Å². The van der Waals surface area contributed by atoms with Crippen LogP contribution < -0.4 is 5.32 Å². The van der Waals surface area contributed by atoms with E-state index in [0.717, 1.165) is 5.56 Å². The predicted octanol–water partition coefficient (Wildman–Crippen LogP) is 5.26. The average Bonchev–Trinajstić information content (AvgIpc) is 3.19. The van der Waals surface area contributed by atoms with E-state index in [-0.39, 0.29) is 11.7 Å². The van der Waals surface area contributed by atoms with Crippen LogP contribution in [-0.2, 0) is 6.54 Å². The Labute approximate surface area is 172 Å². The Bertz CT molecular complexity index is 1140. The Kier molecular flexibility index (Phi) is 5.40. The molecule has 3 aromatic carbocycles. The number of amides is 1. The smallest absolute Gasteiger partial charge is 0.270 e. The van der Waals surface area contributed by atoms with Gasteiger partial charge in [0.05, 0.1) is 16.4 Å². The highest BCUT2D eigenvalue weighted by atomic mass is 35.5. The first-order chi connectivity index (χ1) is 14.1. The van der Waals surface area contributed by atoms with Crippen LogP contribution in [0, 0.1) is 5.82 Å². The number of hydrogen-bond acceptors (Lipinski definition) is 2. The van der Waals surface area contributed by atoms with Crippen molar-refractivity contribution in [1.29, 1.82) is 0 Å². The Hall–Kier alpha value is -3.44. The summed E-state index contributed by atoms with van der Waals surface area (Å²) in [7, 11) is 0. The lowest BCUT2D eigenvalue weighted by atomic mass is 10.1. The van der Waals surface area contributed by atoms with Crippen LogP contribution in [0.4, 0.5) is 4.39 Å². The van der Waals surface area contributed by atoms with Crippen LogP contribution in [0.3, 0.4) is 0 Å². The topological polar surface area (TPSA) is 46.9 Å². The molecule has 0 aliphatic heterocycles. The van der Waals surface area contributed by atoms with Gasteiger partial charge in [-0.15, -0.1) is 0 Å². The van der Waals surface area contributed by atoms with Gasteiger partial charge in [0.1, 0.15) is 11.5 Å². The van der Waals surface area contributed by atoms with Gasteiger partial charge in [-0.05, 0) is 42.0 Å². The zero-order valence-electron chi connectivity index (χ0n) is 15.3. The number of rotatable bonds is 5. The van der Waals surface area contributed by atoms with E-state index < -0.39 is 0 Å². The normalized spacial score (nSPS) is 10.7. The molecule has 0 atom stereocenters. The molecule has 4 aromatic rings. The lowest BCUT2D eigenvalue weighted by Crippen LogP contribution is -2.25. The summed E-state index contributed by atoms with van der Waals surface area (Å²) in [5.74, 6) is -0.647. The number of carbonyl (C=O) groups is 1. The number of carbonyl (C=O) groups excluding carboxylic acids is 1. The van der Waals surface area contributed by atoms with E-state index in [2.05, 4.69) is 10.4 Å². The van der Waals surface area contributed by atoms with E-state index in [1.807, 2.05) is 48.5 Å². The monoisotopic (exact) mass is 405 g/mol. The van der Waals surface area contributed by atoms with Gasteiger partial charge >= 0.3 is 0 Å². The molecule has 0 unspecified atom stereocenters. The molecule has 1 heterocycles. The van der Waals surface area contributed by atoms with Crippen LogP contribution in [-0.4, -0.2) is 15.7 Å². The second kappa shape index (κ2) is 8.29. The number of nitrogens with zero attached hydrogens (tertiary/aromatic N) is 2. The van der Waals surface area contributed by atoms with Gasteiger partial charge in [0.15, 0.2) is 0 Å². The van der Waals surface area contributed by atoms with Crippen molar-refractivity contribution >= 4 is 17.5 Å². The maximum atomic E-state index is 13.4. The highest BCUT2D eigenvalue weighted by Gasteiger charge is 2.18. The largest absolute Gasteiger partial charge is 0.347 e. The van der Waals surface area contributed by atoms with Gasteiger partial charge < -0.3 is 5.32 Å². The second-order valence-electron chi connectivity index (χ2n) is 6.45. The summed E-state index contributed by atoms with van der Waals surface area (Å²) in [6.45, 7) is 0.385. The maximum Gasteiger partial charge on any atom is 0.270 e. The number of hydrogen-bond donors (Lipinski definition) is 1. The molecule has 4 rings (SSSR count). The van der Waals surface area contributed by atoms with Crippen LogP contribution in [0.25, 0.3) is 16.9 Å². The standard InChI is InChI=1S/C23H17ClFN3O/c24-20-9-5-4-8-19(20)21-14-22(23(29)26-15-16-6-2-1-3-7-16)28(27-21)18-12-10-17(25)11-13-18/h1-14H,15H2,(H,26,29). The molecule has 0 saturated carbocycles. The molecule has 0 aliphatic rings. The maximum absolute atomic E-state index is 13.4. The van der Waals surface area contributed by atoms with E-state index in [4.69, 9.17) is 11.6 Å². The SMILES string of the molecule is O=C(NCc1ccccc1)c1cc(-c2ccccc2Cl)nn1-c1ccc(F)cc1. The molecule has 4 nitrogen and oxygen atoms in total. The van der Waals surface area contributed by atoms with Gasteiger partial charge in [-0.3, -0.25) is 4.79 Å². The van der Waals surface area contributed by atoms with E-state index in [1.54, 1.807) is 24.3 Å². The Balaban J connectivity index is 1.71. The molecular weight excluding hydrogens is 389 g/mol. The lowest BCUT2D eigenvalue weighted by molar-refractivity contribution is 0.0943. The minimum atomic E-state index is -0.359. The first kappa shape index (κ1) is 18.9. The quantitative estimate of drug-likeness (QED) is 0.492. The molecule has 144 valence electrons. The minimum absolute atomic E-state index is 0.288. The number of nitrogens with one attached hydrogen (secondary N) is 1. The first-order valence-corrected chi connectivity index (χ1v) is 9.42. The molecule has 0 spiro atoms. The molecule has 29 heavy (non-hydrogen) atoms. The van der Waals surface area contributed by atoms with Crippen molar-refractivity contribution in [3.8, 4) is 16.9 Å². The molecule has 0 radical (unpaired) electrons. The summed E-state index contributed by atoms with van der Waals surface area (Å²) in [6, 6.07) is 24.4. The van der Waals surface area contributed by atoms with Crippen LogP contribution >= 0.6 is 11.6 Å². The van der Waals surface area contributed by atoms with Gasteiger partial charge in [0, 0.05) is 12.1 Å². The van der Waals surface area contributed by atoms with Crippen molar-refractivity contribution < 1.29 is 9.18 Å². The molecule has 6 heteroatoms. The third-order valence-corrected chi connectivity index (χ3v) is 4.79. The summed E-state index contributed by atoms with van der Waals surface area (Å²) in [5.41, 5.74) is 3.17. The molecule has 1 aromatic heterocycles. The van der Waals surface area contributed by atoms with E-state index in [9.17, 15) is 9.18 Å². The zero-order valence-corrected chi connectivity index (χ0v) is 16.1.